The Bertz CT molecular complexity index is 479. The average Bonchev–Trinajstić information content (AvgIpc) is 2.17. The van der Waals surface area contributed by atoms with E-state index in [9.17, 15) is 13.2 Å². The zero-order valence-electron chi connectivity index (χ0n) is 7.84. The van der Waals surface area contributed by atoms with Crippen molar-refractivity contribution in [3.8, 4) is 0 Å². The Kier molecular flexibility index (Phi) is 3.36. The molecule has 82 valence electrons. The first-order valence-corrected chi connectivity index (χ1v) is 6.05. The van der Waals surface area contributed by atoms with E-state index in [2.05, 4.69) is 0 Å². The number of alkyl halides is 1. The van der Waals surface area contributed by atoms with E-state index >= 15 is 0 Å². The van der Waals surface area contributed by atoms with Gasteiger partial charge in [0.1, 0.15) is 4.71 Å². The first-order valence-electron chi connectivity index (χ1n) is 4.07. The first kappa shape index (κ1) is 12.0. The molecule has 0 heterocycles. The lowest BCUT2D eigenvalue weighted by Crippen LogP contribution is -2.12. The van der Waals surface area contributed by atoms with Crippen molar-refractivity contribution < 1.29 is 18.3 Å². The number of carbonyl (C=O) groups is 1. The van der Waals surface area contributed by atoms with E-state index in [4.69, 9.17) is 16.7 Å². The molecule has 15 heavy (non-hydrogen) atoms. The standard InChI is InChI=1S/C9H9ClO4S/c1-6(10)15(13,14)8-4-2-3-7(5-8)9(11)12/h2-6H,1H3,(H,11,12). The van der Waals surface area contributed by atoms with Crippen molar-refractivity contribution in [1.82, 2.24) is 0 Å². The van der Waals surface area contributed by atoms with E-state index in [1.54, 1.807) is 0 Å². The molecule has 0 radical (unpaired) electrons. The van der Waals surface area contributed by atoms with Crippen LogP contribution < -0.4 is 0 Å². The predicted octanol–water partition coefficient (Wildman–Crippen LogP) is 1.74. The lowest BCUT2D eigenvalue weighted by atomic mass is 10.2. The molecule has 0 aromatic heterocycles. The largest absolute Gasteiger partial charge is 0.478 e. The summed E-state index contributed by atoms with van der Waals surface area (Å²) in [6.07, 6.45) is 0. The number of carboxylic acid groups (broad SMARTS) is 1. The summed E-state index contributed by atoms with van der Waals surface area (Å²) >= 11 is 5.50. The second kappa shape index (κ2) is 4.20. The molecule has 0 aliphatic rings. The van der Waals surface area contributed by atoms with E-state index in [-0.39, 0.29) is 10.5 Å². The number of carboxylic acids is 1. The maximum atomic E-state index is 11.6. The van der Waals surface area contributed by atoms with E-state index in [0.29, 0.717) is 0 Å². The number of sulfone groups is 1. The molecular formula is C9H9ClO4S. The lowest BCUT2D eigenvalue weighted by molar-refractivity contribution is 0.0696. The molecule has 0 spiro atoms. The highest BCUT2D eigenvalue weighted by molar-refractivity contribution is 7.93. The zero-order chi connectivity index (χ0) is 11.6. The van der Waals surface area contributed by atoms with Crippen molar-refractivity contribution >= 4 is 27.4 Å². The van der Waals surface area contributed by atoms with Crippen LogP contribution in [0.25, 0.3) is 0 Å². The van der Waals surface area contributed by atoms with E-state index < -0.39 is 20.5 Å². The van der Waals surface area contributed by atoms with Crippen LogP contribution in [0.3, 0.4) is 0 Å². The molecule has 0 bridgehead atoms. The average molecular weight is 249 g/mol. The topological polar surface area (TPSA) is 71.4 Å². The van der Waals surface area contributed by atoms with Crippen molar-refractivity contribution in [3.63, 3.8) is 0 Å². The number of hydrogen-bond acceptors (Lipinski definition) is 3. The minimum absolute atomic E-state index is 0.0756. The van der Waals surface area contributed by atoms with Gasteiger partial charge in [-0.2, -0.15) is 0 Å². The number of halogens is 1. The van der Waals surface area contributed by atoms with Crippen LogP contribution in [0.2, 0.25) is 0 Å². The molecule has 1 rings (SSSR count). The number of benzene rings is 1. The molecule has 6 heteroatoms. The van der Waals surface area contributed by atoms with Gasteiger partial charge in [0.2, 0.25) is 0 Å². The summed E-state index contributed by atoms with van der Waals surface area (Å²) < 4.78 is 22.1. The predicted molar refractivity (Wildman–Crippen MR) is 55.9 cm³/mol. The van der Waals surface area contributed by atoms with Gasteiger partial charge in [0, 0.05) is 0 Å². The molecule has 1 unspecified atom stereocenters. The van der Waals surface area contributed by atoms with Gasteiger partial charge in [-0.25, -0.2) is 13.2 Å². The molecule has 0 aliphatic heterocycles. The third-order valence-corrected chi connectivity index (χ3v) is 4.31. The minimum Gasteiger partial charge on any atom is -0.478 e. The summed E-state index contributed by atoms with van der Waals surface area (Å²) in [4.78, 5) is 10.5. The van der Waals surface area contributed by atoms with Gasteiger partial charge in [0.15, 0.2) is 9.84 Å². The zero-order valence-corrected chi connectivity index (χ0v) is 9.42. The van der Waals surface area contributed by atoms with Crippen molar-refractivity contribution in [1.29, 1.82) is 0 Å². The summed E-state index contributed by atoms with van der Waals surface area (Å²) in [5, 5.41) is 8.69. The first-order chi connectivity index (χ1) is 6.85. The van der Waals surface area contributed by atoms with Gasteiger partial charge in [-0.05, 0) is 25.1 Å². The van der Waals surface area contributed by atoms with Gasteiger partial charge in [-0.1, -0.05) is 6.07 Å². The minimum atomic E-state index is -3.63. The van der Waals surface area contributed by atoms with Gasteiger partial charge in [0.05, 0.1) is 10.5 Å². The molecule has 0 fully saturated rings. The Hall–Kier alpha value is -1.07. The highest BCUT2D eigenvalue weighted by Crippen LogP contribution is 2.19. The third kappa shape index (κ3) is 2.49. The van der Waals surface area contributed by atoms with Gasteiger partial charge in [0.25, 0.3) is 0 Å². The Morgan fingerprint density at radius 3 is 2.53 bits per heavy atom. The normalized spacial score (nSPS) is 13.5. The van der Waals surface area contributed by atoms with E-state index in [1.165, 1.54) is 25.1 Å². The molecular weight excluding hydrogens is 240 g/mol. The van der Waals surface area contributed by atoms with Crippen LogP contribution in [0.15, 0.2) is 29.2 Å². The maximum Gasteiger partial charge on any atom is 0.335 e. The summed E-state index contributed by atoms with van der Waals surface area (Å²) in [6, 6.07) is 5.10. The lowest BCUT2D eigenvalue weighted by Gasteiger charge is -2.06. The van der Waals surface area contributed by atoms with Crippen LogP contribution in [-0.2, 0) is 9.84 Å². The van der Waals surface area contributed by atoms with Gasteiger partial charge in [-0.3, -0.25) is 0 Å². The highest BCUT2D eigenvalue weighted by atomic mass is 35.5. The van der Waals surface area contributed by atoms with E-state index in [1.807, 2.05) is 0 Å². The van der Waals surface area contributed by atoms with Gasteiger partial charge in [-0.15, -0.1) is 11.6 Å². The fourth-order valence-corrected chi connectivity index (χ4v) is 2.24. The fourth-order valence-electron chi connectivity index (χ4n) is 0.994. The third-order valence-electron chi connectivity index (χ3n) is 1.84. The van der Waals surface area contributed by atoms with Gasteiger partial charge < -0.3 is 5.11 Å². The Balaban J connectivity index is 3.29. The molecule has 4 nitrogen and oxygen atoms in total. The van der Waals surface area contributed by atoms with Crippen molar-refractivity contribution in [2.24, 2.45) is 0 Å². The van der Waals surface area contributed by atoms with Gasteiger partial charge >= 0.3 is 5.97 Å². The number of hydrogen-bond donors (Lipinski definition) is 1. The Labute approximate surface area is 92.4 Å². The van der Waals surface area contributed by atoms with E-state index in [0.717, 1.165) is 6.07 Å². The molecule has 1 N–H and O–H groups in total. The van der Waals surface area contributed by atoms with Crippen LogP contribution in [0, 0.1) is 0 Å². The van der Waals surface area contributed by atoms with Crippen LogP contribution in [-0.4, -0.2) is 24.2 Å². The number of aromatic carboxylic acids is 1. The summed E-state index contributed by atoms with van der Waals surface area (Å²) in [5.41, 5.74) is -0.0756. The van der Waals surface area contributed by atoms with Crippen LogP contribution in [0.4, 0.5) is 0 Å². The highest BCUT2D eigenvalue weighted by Gasteiger charge is 2.21. The second-order valence-electron chi connectivity index (χ2n) is 2.92. The van der Waals surface area contributed by atoms with Crippen molar-refractivity contribution in [3.05, 3.63) is 29.8 Å². The number of rotatable bonds is 3. The monoisotopic (exact) mass is 248 g/mol. The molecule has 0 aliphatic carbocycles. The summed E-state index contributed by atoms with van der Waals surface area (Å²) in [6.45, 7) is 1.32. The van der Waals surface area contributed by atoms with Crippen molar-refractivity contribution in [2.75, 3.05) is 0 Å². The Morgan fingerprint density at radius 2 is 2.07 bits per heavy atom. The molecule has 0 saturated carbocycles. The van der Waals surface area contributed by atoms with Crippen LogP contribution in [0.1, 0.15) is 17.3 Å². The summed E-state index contributed by atoms with van der Waals surface area (Å²) in [7, 11) is -3.63. The van der Waals surface area contributed by atoms with Crippen LogP contribution >= 0.6 is 11.6 Å². The summed E-state index contributed by atoms with van der Waals surface area (Å²) in [5.74, 6) is -1.17. The molecule has 1 aromatic rings. The molecule has 1 aromatic carbocycles. The molecule has 1 atom stereocenters. The van der Waals surface area contributed by atoms with Crippen LogP contribution in [0.5, 0.6) is 0 Å². The molecule has 0 saturated heterocycles. The van der Waals surface area contributed by atoms with Crippen molar-refractivity contribution in [2.45, 2.75) is 16.5 Å². The second-order valence-corrected chi connectivity index (χ2v) is 6.10. The SMILES string of the molecule is CC(Cl)S(=O)(=O)c1cccc(C(=O)O)c1. The Morgan fingerprint density at radius 1 is 1.47 bits per heavy atom. The maximum absolute atomic E-state index is 11.6. The smallest absolute Gasteiger partial charge is 0.335 e. The molecule has 0 amide bonds. The fraction of sp³-hybridized carbons (Fsp3) is 0.222. The quantitative estimate of drug-likeness (QED) is 0.827.